The molecule has 1 aromatic rings. The first-order valence-electron chi connectivity index (χ1n) is 7.58. The standard InChI is InChI=1S/C15H24N2O3S/c1-2-16-10-5-6-13-21(18,19)17-11-7-12-20-15-9-4-3-8-14(15)17/h3-4,8-9,16H,2,5-7,10-13H2,1H3. The van der Waals surface area contributed by atoms with Crippen LogP contribution in [-0.2, 0) is 10.0 Å². The number of para-hydroxylation sites is 2. The Bertz CT molecular complexity index is 546. The van der Waals surface area contributed by atoms with Gasteiger partial charge in [0.25, 0.3) is 0 Å². The van der Waals surface area contributed by atoms with E-state index in [4.69, 9.17) is 4.74 Å². The van der Waals surface area contributed by atoms with Crippen molar-refractivity contribution in [2.24, 2.45) is 0 Å². The maximum absolute atomic E-state index is 12.6. The number of nitrogens with zero attached hydrogens (tertiary/aromatic N) is 1. The van der Waals surface area contributed by atoms with Gasteiger partial charge in [-0.2, -0.15) is 0 Å². The largest absolute Gasteiger partial charge is 0.491 e. The molecular formula is C15H24N2O3S. The minimum Gasteiger partial charge on any atom is -0.491 e. The molecule has 2 rings (SSSR count). The SMILES string of the molecule is CCNCCCCS(=O)(=O)N1CCCOc2ccccc21. The van der Waals surface area contributed by atoms with Crippen LogP contribution in [0.3, 0.4) is 0 Å². The van der Waals surface area contributed by atoms with Gasteiger partial charge in [-0.1, -0.05) is 19.1 Å². The number of nitrogens with one attached hydrogen (secondary N) is 1. The lowest BCUT2D eigenvalue weighted by molar-refractivity contribution is 0.322. The number of benzene rings is 1. The number of unbranched alkanes of at least 4 members (excludes halogenated alkanes) is 1. The van der Waals surface area contributed by atoms with Gasteiger partial charge >= 0.3 is 0 Å². The Kier molecular flexibility index (Phi) is 5.87. The van der Waals surface area contributed by atoms with E-state index in [1.54, 1.807) is 0 Å². The molecule has 1 N–H and O–H groups in total. The Morgan fingerprint density at radius 3 is 2.90 bits per heavy atom. The van der Waals surface area contributed by atoms with Crippen LogP contribution in [0.2, 0.25) is 0 Å². The second-order valence-corrected chi connectivity index (χ2v) is 7.13. The summed E-state index contributed by atoms with van der Waals surface area (Å²) in [5, 5.41) is 3.21. The number of hydrogen-bond acceptors (Lipinski definition) is 4. The van der Waals surface area contributed by atoms with E-state index in [2.05, 4.69) is 5.32 Å². The zero-order chi connectivity index (χ0) is 15.1. The van der Waals surface area contributed by atoms with Crippen molar-refractivity contribution < 1.29 is 13.2 Å². The molecule has 0 fully saturated rings. The molecular weight excluding hydrogens is 288 g/mol. The Hall–Kier alpha value is -1.27. The third-order valence-electron chi connectivity index (χ3n) is 3.49. The summed E-state index contributed by atoms with van der Waals surface area (Å²) in [6.45, 7) is 4.89. The van der Waals surface area contributed by atoms with Crippen LogP contribution in [-0.4, -0.2) is 40.4 Å². The first kappa shape index (κ1) is 16.1. The lowest BCUT2D eigenvalue weighted by Crippen LogP contribution is -2.33. The Balaban J connectivity index is 2.05. The molecule has 0 spiro atoms. The highest BCUT2D eigenvalue weighted by Gasteiger charge is 2.26. The van der Waals surface area contributed by atoms with Gasteiger partial charge in [0, 0.05) is 13.0 Å². The van der Waals surface area contributed by atoms with Gasteiger partial charge in [-0.25, -0.2) is 8.42 Å². The zero-order valence-corrected chi connectivity index (χ0v) is 13.4. The summed E-state index contributed by atoms with van der Waals surface area (Å²) < 4.78 is 32.3. The van der Waals surface area contributed by atoms with Crippen LogP contribution in [0, 0.1) is 0 Å². The van der Waals surface area contributed by atoms with Crippen molar-refractivity contribution in [3.63, 3.8) is 0 Å². The average molecular weight is 312 g/mol. The number of hydrogen-bond donors (Lipinski definition) is 1. The van der Waals surface area contributed by atoms with E-state index >= 15 is 0 Å². The van der Waals surface area contributed by atoms with Crippen LogP contribution < -0.4 is 14.4 Å². The summed E-state index contributed by atoms with van der Waals surface area (Å²) in [6, 6.07) is 7.36. The number of fused-ring (bicyclic) bond motifs is 1. The lowest BCUT2D eigenvalue weighted by Gasteiger charge is -2.23. The Labute approximate surface area is 127 Å². The summed E-state index contributed by atoms with van der Waals surface area (Å²) in [4.78, 5) is 0. The molecule has 0 unspecified atom stereocenters. The van der Waals surface area contributed by atoms with E-state index in [0.717, 1.165) is 19.5 Å². The van der Waals surface area contributed by atoms with Crippen LogP contribution in [0.4, 0.5) is 5.69 Å². The van der Waals surface area contributed by atoms with Crippen LogP contribution >= 0.6 is 0 Å². The zero-order valence-electron chi connectivity index (χ0n) is 12.5. The molecule has 0 saturated heterocycles. The molecule has 0 bridgehead atoms. The minimum absolute atomic E-state index is 0.187. The summed E-state index contributed by atoms with van der Waals surface area (Å²) >= 11 is 0. The van der Waals surface area contributed by atoms with Crippen molar-refractivity contribution in [3.05, 3.63) is 24.3 Å². The molecule has 0 radical (unpaired) electrons. The van der Waals surface area contributed by atoms with Crippen molar-refractivity contribution in [2.75, 3.05) is 36.3 Å². The fraction of sp³-hybridized carbons (Fsp3) is 0.600. The molecule has 0 aromatic heterocycles. The monoisotopic (exact) mass is 312 g/mol. The third-order valence-corrected chi connectivity index (χ3v) is 5.34. The summed E-state index contributed by atoms with van der Waals surface area (Å²) in [6.07, 6.45) is 2.26. The highest BCUT2D eigenvalue weighted by atomic mass is 32.2. The highest BCUT2D eigenvalue weighted by molar-refractivity contribution is 7.92. The van der Waals surface area contributed by atoms with Gasteiger partial charge in [0.15, 0.2) is 0 Å². The second-order valence-electron chi connectivity index (χ2n) is 5.12. The van der Waals surface area contributed by atoms with E-state index in [-0.39, 0.29) is 5.75 Å². The third kappa shape index (κ3) is 4.35. The van der Waals surface area contributed by atoms with E-state index in [1.165, 1.54) is 4.31 Å². The summed E-state index contributed by atoms with van der Waals surface area (Å²) in [5.41, 5.74) is 0.668. The van der Waals surface area contributed by atoms with E-state index in [9.17, 15) is 8.42 Å². The molecule has 0 saturated carbocycles. The fourth-order valence-corrected chi connectivity index (χ4v) is 4.05. The van der Waals surface area contributed by atoms with Gasteiger partial charge in [0.1, 0.15) is 5.75 Å². The van der Waals surface area contributed by atoms with Gasteiger partial charge < -0.3 is 10.1 Å². The normalized spacial score (nSPS) is 15.2. The van der Waals surface area contributed by atoms with E-state index in [0.29, 0.717) is 37.4 Å². The van der Waals surface area contributed by atoms with E-state index < -0.39 is 10.0 Å². The second kappa shape index (κ2) is 7.66. The predicted octanol–water partition coefficient (Wildman–Crippen LogP) is 1.99. The van der Waals surface area contributed by atoms with Crippen molar-refractivity contribution in [1.29, 1.82) is 0 Å². The quantitative estimate of drug-likeness (QED) is 0.782. The number of anilines is 1. The molecule has 0 aliphatic carbocycles. The molecule has 1 aromatic carbocycles. The van der Waals surface area contributed by atoms with Gasteiger partial charge in [0.2, 0.25) is 10.0 Å². The number of rotatable bonds is 7. The first-order chi connectivity index (χ1) is 10.1. The van der Waals surface area contributed by atoms with E-state index in [1.807, 2.05) is 31.2 Å². The topological polar surface area (TPSA) is 58.6 Å². The van der Waals surface area contributed by atoms with Crippen LogP contribution in [0.5, 0.6) is 5.75 Å². The lowest BCUT2D eigenvalue weighted by atomic mass is 10.3. The highest BCUT2D eigenvalue weighted by Crippen LogP contribution is 2.32. The Morgan fingerprint density at radius 2 is 2.10 bits per heavy atom. The average Bonchev–Trinajstić information content (AvgIpc) is 2.69. The predicted molar refractivity (Wildman–Crippen MR) is 85.5 cm³/mol. The van der Waals surface area contributed by atoms with Crippen molar-refractivity contribution in [3.8, 4) is 5.75 Å². The van der Waals surface area contributed by atoms with Crippen LogP contribution in [0.25, 0.3) is 0 Å². The molecule has 1 aliphatic heterocycles. The van der Waals surface area contributed by atoms with Crippen LogP contribution in [0.15, 0.2) is 24.3 Å². The van der Waals surface area contributed by atoms with Crippen molar-refractivity contribution in [2.45, 2.75) is 26.2 Å². The fourth-order valence-electron chi connectivity index (χ4n) is 2.41. The van der Waals surface area contributed by atoms with Gasteiger partial charge in [-0.3, -0.25) is 4.31 Å². The molecule has 1 heterocycles. The first-order valence-corrected chi connectivity index (χ1v) is 9.19. The van der Waals surface area contributed by atoms with Crippen LogP contribution in [0.1, 0.15) is 26.2 Å². The Morgan fingerprint density at radius 1 is 1.29 bits per heavy atom. The van der Waals surface area contributed by atoms with Crippen molar-refractivity contribution >= 4 is 15.7 Å². The summed E-state index contributed by atoms with van der Waals surface area (Å²) in [7, 11) is -3.28. The number of sulfonamides is 1. The minimum atomic E-state index is -3.28. The maximum atomic E-state index is 12.6. The van der Waals surface area contributed by atoms with Gasteiger partial charge in [-0.15, -0.1) is 0 Å². The molecule has 6 heteroatoms. The maximum Gasteiger partial charge on any atom is 0.235 e. The molecule has 0 atom stereocenters. The molecule has 21 heavy (non-hydrogen) atoms. The van der Waals surface area contributed by atoms with Gasteiger partial charge in [-0.05, 0) is 38.1 Å². The van der Waals surface area contributed by atoms with Crippen molar-refractivity contribution in [1.82, 2.24) is 5.32 Å². The molecule has 1 aliphatic rings. The number of ether oxygens (including phenoxy) is 1. The van der Waals surface area contributed by atoms with Gasteiger partial charge in [0.05, 0.1) is 18.0 Å². The summed E-state index contributed by atoms with van der Waals surface area (Å²) in [5.74, 6) is 0.846. The molecule has 5 nitrogen and oxygen atoms in total. The smallest absolute Gasteiger partial charge is 0.235 e. The molecule has 118 valence electrons. The molecule has 0 amide bonds.